The molecule has 1 rings (SSSR count). The monoisotopic (exact) mass is 150 g/mol. The molecule has 0 saturated carbocycles. The Morgan fingerprint density at radius 3 is 2.44 bits per heavy atom. The summed E-state index contributed by atoms with van der Waals surface area (Å²) in [5.74, 6) is 5.52. The minimum atomic E-state index is -2.75. The van der Waals surface area contributed by atoms with Crippen LogP contribution in [0.4, 0.5) is 0 Å². The average Bonchev–Trinajstić information content (AvgIpc) is 2.10. The zero-order valence-corrected chi connectivity index (χ0v) is 5.82. The van der Waals surface area contributed by atoms with Crippen LogP contribution in [-0.4, -0.2) is 26.0 Å². The van der Waals surface area contributed by atoms with E-state index >= 15 is 0 Å². The van der Waals surface area contributed by atoms with Gasteiger partial charge >= 0.3 is 0 Å². The lowest BCUT2D eigenvalue weighted by Crippen LogP contribution is -2.35. The van der Waals surface area contributed by atoms with Crippen molar-refractivity contribution in [3.63, 3.8) is 0 Å². The summed E-state index contributed by atoms with van der Waals surface area (Å²) in [6, 6.07) is -0.0185. The molecule has 0 aromatic heterocycles. The number of nitrogens with two attached hydrogens (primary N) is 1. The molecule has 1 atom stereocenters. The summed E-state index contributed by atoms with van der Waals surface area (Å²) in [5.41, 5.74) is 2.44. The van der Waals surface area contributed by atoms with Crippen molar-refractivity contribution in [2.24, 2.45) is 5.84 Å². The molecular formula is C4H10N2O2S. The quantitative estimate of drug-likeness (QED) is 0.357. The van der Waals surface area contributed by atoms with Crippen LogP contribution in [0.2, 0.25) is 0 Å². The molecule has 4 nitrogen and oxygen atoms in total. The second-order valence-electron chi connectivity index (χ2n) is 2.27. The molecule has 1 heterocycles. The van der Waals surface area contributed by atoms with Gasteiger partial charge < -0.3 is 0 Å². The summed E-state index contributed by atoms with van der Waals surface area (Å²) in [4.78, 5) is 0. The summed E-state index contributed by atoms with van der Waals surface area (Å²) < 4.78 is 21.4. The first-order chi connectivity index (χ1) is 4.14. The Balaban J connectivity index is 2.58. The maximum absolute atomic E-state index is 10.7. The van der Waals surface area contributed by atoms with E-state index in [4.69, 9.17) is 5.84 Å². The Kier molecular flexibility index (Phi) is 1.74. The van der Waals surface area contributed by atoms with E-state index in [9.17, 15) is 8.42 Å². The predicted octanol–water partition coefficient (Wildman–Crippen LogP) is -1.36. The molecule has 5 heteroatoms. The van der Waals surface area contributed by atoms with Crippen LogP contribution in [0, 0.1) is 0 Å². The van der Waals surface area contributed by atoms with Crippen LogP contribution in [-0.2, 0) is 9.84 Å². The van der Waals surface area contributed by atoms with Crippen LogP contribution in [0.1, 0.15) is 6.42 Å². The highest BCUT2D eigenvalue weighted by Crippen LogP contribution is 2.09. The number of hydrazine groups is 1. The predicted molar refractivity (Wildman–Crippen MR) is 34.4 cm³/mol. The third kappa shape index (κ3) is 1.64. The molecule has 9 heavy (non-hydrogen) atoms. The number of rotatable bonds is 1. The van der Waals surface area contributed by atoms with E-state index in [0.29, 0.717) is 6.42 Å². The van der Waals surface area contributed by atoms with Gasteiger partial charge in [-0.15, -0.1) is 0 Å². The summed E-state index contributed by atoms with van der Waals surface area (Å²) in [7, 11) is -2.75. The van der Waals surface area contributed by atoms with E-state index in [2.05, 4.69) is 5.43 Å². The topological polar surface area (TPSA) is 72.2 Å². The van der Waals surface area contributed by atoms with Gasteiger partial charge in [-0.05, 0) is 6.42 Å². The molecule has 3 N–H and O–H groups in total. The van der Waals surface area contributed by atoms with Crippen molar-refractivity contribution in [3.8, 4) is 0 Å². The largest absolute Gasteiger partial charge is 0.271 e. The normalized spacial score (nSPS) is 32.8. The zero-order chi connectivity index (χ0) is 6.91. The van der Waals surface area contributed by atoms with Crippen molar-refractivity contribution in [1.82, 2.24) is 5.43 Å². The maximum atomic E-state index is 10.7. The lowest BCUT2D eigenvalue weighted by Gasteiger charge is -2.01. The molecule has 1 aliphatic heterocycles. The van der Waals surface area contributed by atoms with E-state index in [0.717, 1.165) is 0 Å². The second kappa shape index (κ2) is 2.24. The van der Waals surface area contributed by atoms with Crippen LogP contribution in [0.3, 0.4) is 0 Å². The molecule has 1 aliphatic rings. The Morgan fingerprint density at radius 2 is 2.22 bits per heavy atom. The molecule has 1 fully saturated rings. The van der Waals surface area contributed by atoms with Crippen molar-refractivity contribution in [2.75, 3.05) is 11.5 Å². The average molecular weight is 150 g/mol. The lowest BCUT2D eigenvalue weighted by molar-refractivity contribution is 0.575. The van der Waals surface area contributed by atoms with Gasteiger partial charge in [-0.1, -0.05) is 0 Å². The van der Waals surface area contributed by atoms with Gasteiger partial charge in [-0.25, -0.2) is 8.42 Å². The fraction of sp³-hybridized carbons (Fsp3) is 1.00. The number of nitrogens with one attached hydrogen (secondary N) is 1. The van der Waals surface area contributed by atoms with Crippen molar-refractivity contribution < 1.29 is 8.42 Å². The second-order valence-corrected chi connectivity index (χ2v) is 4.50. The van der Waals surface area contributed by atoms with Gasteiger partial charge in [0.15, 0.2) is 9.84 Å². The van der Waals surface area contributed by atoms with Crippen molar-refractivity contribution in [1.29, 1.82) is 0 Å². The molecule has 0 aromatic carbocycles. The third-order valence-corrected chi connectivity index (χ3v) is 3.24. The van der Waals surface area contributed by atoms with Crippen LogP contribution in [0.15, 0.2) is 0 Å². The van der Waals surface area contributed by atoms with Crippen molar-refractivity contribution in [2.45, 2.75) is 12.5 Å². The molecule has 0 radical (unpaired) electrons. The first kappa shape index (κ1) is 6.98. The van der Waals surface area contributed by atoms with Crippen LogP contribution >= 0.6 is 0 Å². The van der Waals surface area contributed by atoms with Gasteiger partial charge in [0, 0.05) is 6.04 Å². The lowest BCUT2D eigenvalue weighted by atomic mass is 10.3. The minimum absolute atomic E-state index is 0.0185. The molecule has 0 unspecified atom stereocenters. The maximum Gasteiger partial charge on any atom is 0.151 e. The Labute approximate surface area is 54.3 Å². The van der Waals surface area contributed by atoms with E-state index in [1.165, 1.54) is 0 Å². The molecule has 0 aliphatic carbocycles. The zero-order valence-electron chi connectivity index (χ0n) is 5.00. The molecule has 0 aromatic rings. The van der Waals surface area contributed by atoms with Gasteiger partial charge in [0.2, 0.25) is 0 Å². The molecule has 54 valence electrons. The van der Waals surface area contributed by atoms with Gasteiger partial charge in [0.25, 0.3) is 0 Å². The fourth-order valence-corrected chi connectivity index (χ4v) is 2.61. The van der Waals surface area contributed by atoms with E-state index in [-0.39, 0.29) is 17.5 Å². The highest BCUT2D eigenvalue weighted by Gasteiger charge is 2.26. The Bertz CT molecular complexity index is 187. The Hall–Kier alpha value is -0.130. The highest BCUT2D eigenvalue weighted by atomic mass is 32.2. The smallest absolute Gasteiger partial charge is 0.151 e. The third-order valence-electron chi connectivity index (χ3n) is 1.47. The summed E-state index contributed by atoms with van der Waals surface area (Å²) in [6.45, 7) is 0. The SMILES string of the molecule is NN[C@H]1CCS(=O)(=O)C1. The molecule has 0 bridgehead atoms. The molecule has 0 spiro atoms. The van der Waals surface area contributed by atoms with Gasteiger partial charge in [0.05, 0.1) is 11.5 Å². The first-order valence-corrected chi connectivity index (χ1v) is 4.63. The molecular weight excluding hydrogens is 140 g/mol. The van der Waals surface area contributed by atoms with Crippen molar-refractivity contribution in [3.05, 3.63) is 0 Å². The van der Waals surface area contributed by atoms with Gasteiger partial charge in [0.1, 0.15) is 0 Å². The standard InChI is InChI=1S/C4H10N2O2S/c5-6-4-1-2-9(7,8)3-4/h4,6H,1-3,5H2/t4-/m0/s1. The fourth-order valence-electron chi connectivity index (χ4n) is 0.926. The van der Waals surface area contributed by atoms with Crippen LogP contribution in [0.5, 0.6) is 0 Å². The first-order valence-electron chi connectivity index (χ1n) is 2.80. The summed E-state index contributed by atoms with van der Waals surface area (Å²) >= 11 is 0. The van der Waals surface area contributed by atoms with E-state index in [1.807, 2.05) is 0 Å². The highest BCUT2D eigenvalue weighted by molar-refractivity contribution is 7.91. The minimum Gasteiger partial charge on any atom is -0.271 e. The van der Waals surface area contributed by atoms with Gasteiger partial charge in [-0.2, -0.15) is 0 Å². The Morgan fingerprint density at radius 1 is 1.56 bits per heavy atom. The van der Waals surface area contributed by atoms with Crippen LogP contribution in [0.25, 0.3) is 0 Å². The number of hydrogen-bond donors (Lipinski definition) is 2. The van der Waals surface area contributed by atoms with Gasteiger partial charge in [-0.3, -0.25) is 11.3 Å². The summed E-state index contributed by atoms with van der Waals surface area (Å²) in [5, 5.41) is 0. The van der Waals surface area contributed by atoms with E-state index in [1.54, 1.807) is 0 Å². The molecule has 0 amide bonds. The molecule has 1 saturated heterocycles. The van der Waals surface area contributed by atoms with E-state index < -0.39 is 9.84 Å². The number of sulfone groups is 1. The number of hydrogen-bond acceptors (Lipinski definition) is 4. The summed E-state index contributed by atoms with van der Waals surface area (Å²) in [6.07, 6.45) is 0.652. The van der Waals surface area contributed by atoms with Crippen LogP contribution < -0.4 is 11.3 Å². The van der Waals surface area contributed by atoms with Crippen molar-refractivity contribution >= 4 is 9.84 Å².